The second-order valence-corrected chi connectivity index (χ2v) is 5.83. The molecule has 0 spiro atoms. The van der Waals surface area contributed by atoms with Gasteiger partial charge in [-0.05, 0) is 42.3 Å². The summed E-state index contributed by atoms with van der Waals surface area (Å²) < 4.78 is 43.2. The summed E-state index contributed by atoms with van der Waals surface area (Å²) >= 11 is 0. The van der Waals surface area contributed by atoms with Crippen LogP contribution in [-0.4, -0.2) is 33.2 Å². The molecule has 0 saturated heterocycles. The number of halogens is 4. The lowest BCUT2D eigenvalue weighted by atomic mass is 10.1. The number of aliphatic imine (C=N–C) groups is 1. The third-order valence-electron chi connectivity index (χ3n) is 3.86. The van der Waals surface area contributed by atoms with Crippen LogP contribution in [0.4, 0.5) is 13.2 Å². The highest BCUT2D eigenvalue weighted by atomic mass is 127. The van der Waals surface area contributed by atoms with Crippen LogP contribution in [-0.2, 0) is 12.6 Å². The molecule has 156 valence electrons. The molecular formula is C21H23F3IN3O. The Labute approximate surface area is 186 Å². The molecule has 0 unspecified atom stereocenters. The van der Waals surface area contributed by atoms with Crippen LogP contribution in [0, 0.1) is 11.8 Å². The van der Waals surface area contributed by atoms with Gasteiger partial charge in [0.25, 0.3) is 0 Å². The van der Waals surface area contributed by atoms with Crippen LogP contribution in [0.15, 0.2) is 53.5 Å². The van der Waals surface area contributed by atoms with Gasteiger partial charge in [0, 0.05) is 19.2 Å². The Morgan fingerprint density at radius 1 is 1.10 bits per heavy atom. The molecule has 0 amide bonds. The van der Waals surface area contributed by atoms with Gasteiger partial charge in [0.1, 0.15) is 5.75 Å². The fourth-order valence-corrected chi connectivity index (χ4v) is 2.39. The third kappa shape index (κ3) is 8.64. The Morgan fingerprint density at radius 2 is 1.83 bits per heavy atom. The smallest absolute Gasteiger partial charge is 0.416 e. The third-order valence-corrected chi connectivity index (χ3v) is 3.86. The van der Waals surface area contributed by atoms with Crippen molar-refractivity contribution in [2.45, 2.75) is 12.6 Å². The molecule has 0 radical (unpaired) electrons. The molecule has 2 aromatic carbocycles. The van der Waals surface area contributed by atoms with Gasteiger partial charge in [0.15, 0.2) is 5.96 Å². The van der Waals surface area contributed by atoms with Crippen LogP contribution in [0.5, 0.6) is 5.75 Å². The number of alkyl halides is 3. The standard InChI is InChI=1S/C21H22F3N3O.HI/c1-25-20(27-14-12-16-8-10-19(28-2)11-9-16)26-13-4-6-17-5-3-7-18(15-17)21(22,23)24;/h3,5,7-11,15H,12-14H2,1-2H3,(H2,25,26,27);1H. The quantitative estimate of drug-likeness (QED) is 0.272. The minimum Gasteiger partial charge on any atom is -0.497 e. The highest BCUT2D eigenvalue weighted by Gasteiger charge is 2.30. The van der Waals surface area contributed by atoms with Crippen molar-refractivity contribution in [1.29, 1.82) is 0 Å². The molecule has 0 aliphatic heterocycles. The molecule has 0 fully saturated rings. The van der Waals surface area contributed by atoms with Gasteiger partial charge in [0.2, 0.25) is 0 Å². The Bertz CT molecular complexity index is 856. The van der Waals surface area contributed by atoms with E-state index in [0.717, 1.165) is 29.9 Å². The number of guanidine groups is 1. The Balaban J connectivity index is 0.00000420. The van der Waals surface area contributed by atoms with E-state index in [1.54, 1.807) is 20.2 Å². The maximum Gasteiger partial charge on any atom is 0.416 e. The average molecular weight is 517 g/mol. The topological polar surface area (TPSA) is 45.7 Å². The Morgan fingerprint density at radius 3 is 2.45 bits per heavy atom. The Kier molecular flexibility index (Phi) is 10.4. The second kappa shape index (κ2) is 12.2. The van der Waals surface area contributed by atoms with Crippen molar-refractivity contribution >= 4 is 29.9 Å². The first-order valence-corrected chi connectivity index (χ1v) is 8.66. The minimum atomic E-state index is -4.37. The highest BCUT2D eigenvalue weighted by molar-refractivity contribution is 14.0. The van der Waals surface area contributed by atoms with E-state index in [1.807, 2.05) is 24.3 Å². The van der Waals surface area contributed by atoms with Gasteiger partial charge in [-0.15, -0.1) is 24.0 Å². The normalized spacial score (nSPS) is 11.0. The molecule has 0 aliphatic rings. The van der Waals surface area contributed by atoms with E-state index in [9.17, 15) is 13.2 Å². The number of nitrogens with zero attached hydrogens (tertiary/aromatic N) is 1. The summed E-state index contributed by atoms with van der Waals surface area (Å²) in [5, 5.41) is 6.18. The van der Waals surface area contributed by atoms with Gasteiger partial charge in [0.05, 0.1) is 19.2 Å². The van der Waals surface area contributed by atoms with Crippen LogP contribution >= 0.6 is 24.0 Å². The lowest BCUT2D eigenvalue weighted by molar-refractivity contribution is -0.137. The number of methoxy groups -OCH3 is 1. The van der Waals surface area contributed by atoms with Crippen LogP contribution < -0.4 is 15.4 Å². The zero-order valence-electron chi connectivity index (χ0n) is 16.1. The molecule has 0 atom stereocenters. The molecule has 0 saturated carbocycles. The SMILES string of the molecule is CN=C(NCC#Cc1cccc(C(F)(F)F)c1)NCCc1ccc(OC)cc1.I. The van der Waals surface area contributed by atoms with Crippen molar-refractivity contribution in [1.82, 2.24) is 10.6 Å². The first-order valence-electron chi connectivity index (χ1n) is 8.66. The monoisotopic (exact) mass is 517 g/mol. The Hall–Kier alpha value is -2.41. The average Bonchev–Trinajstić information content (AvgIpc) is 2.70. The first-order chi connectivity index (χ1) is 13.4. The maximum absolute atomic E-state index is 12.7. The van der Waals surface area contributed by atoms with Crippen LogP contribution in [0.2, 0.25) is 0 Å². The molecule has 0 heterocycles. The lowest BCUT2D eigenvalue weighted by Crippen LogP contribution is -2.38. The molecule has 8 heteroatoms. The summed E-state index contributed by atoms with van der Waals surface area (Å²) in [6, 6.07) is 12.8. The van der Waals surface area contributed by atoms with Crippen molar-refractivity contribution in [3.05, 3.63) is 65.2 Å². The summed E-state index contributed by atoms with van der Waals surface area (Å²) in [6.07, 6.45) is -3.56. The second-order valence-electron chi connectivity index (χ2n) is 5.83. The minimum absolute atomic E-state index is 0. The summed E-state index contributed by atoms with van der Waals surface area (Å²) in [5.41, 5.74) is 0.774. The first kappa shape index (κ1) is 24.6. The van der Waals surface area contributed by atoms with E-state index in [-0.39, 0.29) is 30.5 Å². The van der Waals surface area contributed by atoms with Gasteiger partial charge < -0.3 is 15.4 Å². The summed E-state index contributed by atoms with van der Waals surface area (Å²) in [5.74, 6) is 6.91. The number of benzene rings is 2. The van der Waals surface area contributed by atoms with E-state index in [1.165, 1.54) is 6.07 Å². The predicted octanol–water partition coefficient (Wildman–Crippen LogP) is 4.09. The van der Waals surface area contributed by atoms with E-state index < -0.39 is 11.7 Å². The van der Waals surface area contributed by atoms with Crippen LogP contribution in [0.1, 0.15) is 16.7 Å². The van der Waals surface area contributed by atoms with E-state index in [0.29, 0.717) is 18.1 Å². The fourth-order valence-electron chi connectivity index (χ4n) is 2.39. The van der Waals surface area contributed by atoms with Gasteiger partial charge in [-0.2, -0.15) is 13.2 Å². The molecule has 0 aromatic heterocycles. The van der Waals surface area contributed by atoms with Gasteiger partial charge in [-0.25, -0.2) is 0 Å². The number of rotatable bonds is 5. The van der Waals surface area contributed by atoms with Crippen LogP contribution in [0.3, 0.4) is 0 Å². The van der Waals surface area contributed by atoms with Crippen molar-refractivity contribution in [2.24, 2.45) is 4.99 Å². The zero-order chi connectivity index (χ0) is 20.4. The maximum atomic E-state index is 12.7. The number of ether oxygens (including phenoxy) is 1. The van der Waals surface area contributed by atoms with Gasteiger partial charge in [-0.1, -0.05) is 30.0 Å². The summed E-state index contributed by atoms with van der Waals surface area (Å²) in [7, 11) is 3.27. The zero-order valence-corrected chi connectivity index (χ0v) is 18.5. The van der Waals surface area contributed by atoms with E-state index in [2.05, 4.69) is 27.5 Å². The number of nitrogens with one attached hydrogen (secondary N) is 2. The van der Waals surface area contributed by atoms with Gasteiger partial charge in [-0.3, -0.25) is 4.99 Å². The van der Waals surface area contributed by atoms with Gasteiger partial charge >= 0.3 is 6.18 Å². The molecular weight excluding hydrogens is 494 g/mol. The van der Waals surface area contributed by atoms with Crippen LogP contribution in [0.25, 0.3) is 0 Å². The van der Waals surface area contributed by atoms with Crippen molar-refractivity contribution < 1.29 is 17.9 Å². The molecule has 29 heavy (non-hydrogen) atoms. The summed E-state index contributed by atoms with van der Waals surface area (Å²) in [4.78, 5) is 4.10. The predicted molar refractivity (Wildman–Crippen MR) is 120 cm³/mol. The molecule has 0 aliphatic carbocycles. The fraction of sp³-hybridized carbons (Fsp3) is 0.286. The number of hydrogen-bond acceptors (Lipinski definition) is 2. The lowest BCUT2D eigenvalue weighted by Gasteiger charge is -2.10. The summed E-state index contributed by atoms with van der Waals surface area (Å²) in [6.45, 7) is 0.936. The van der Waals surface area contributed by atoms with Crippen molar-refractivity contribution in [3.8, 4) is 17.6 Å². The van der Waals surface area contributed by atoms with E-state index in [4.69, 9.17) is 4.74 Å². The largest absolute Gasteiger partial charge is 0.497 e. The van der Waals surface area contributed by atoms with Crippen molar-refractivity contribution in [2.75, 3.05) is 27.2 Å². The molecule has 4 nitrogen and oxygen atoms in total. The molecule has 2 N–H and O–H groups in total. The number of hydrogen-bond donors (Lipinski definition) is 2. The van der Waals surface area contributed by atoms with E-state index >= 15 is 0 Å². The molecule has 2 rings (SSSR count). The molecule has 0 bridgehead atoms. The molecule has 2 aromatic rings. The van der Waals surface area contributed by atoms with Crippen molar-refractivity contribution in [3.63, 3.8) is 0 Å². The highest BCUT2D eigenvalue weighted by Crippen LogP contribution is 2.29.